The average Bonchev–Trinajstić information content (AvgIpc) is 2.54. The monoisotopic (exact) mass is 361 g/mol. The van der Waals surface area contributed by atoms with Gasteiger partial charge < -0.3 is 14.8 Å². The molecule has 6 heteroatoms. The van der Waals surface area contributed by atoms with Gasteiger partial charge in [-0.25, -0.2) is 4.79 Å². The summed E-state index contributed by atoms with van der Waals surface area (Å²) in [7, 11) is 1.49. The Labute approximate surface area is 151 Å². The van der Waals surface area contributed by atoms with Crippen molar-refractivity contribution in [3.05, 3.63) is 58.1 Å². The molecule has 0 saturated carbocycles. The summed E-state index contributed by atoms with van der Waals surface area (Å²) in [4.78, 5) is 24.6. The number of methoxy groups -OCH3 is 1. The summed E-state index contributed by atoms with van der Waals surface area (Å²) in [5.41, 5.74) is 2.70. The van der Waals surface area contributed by atoms with Crippen molar-refractivity contribution in [3.63, 3.8) is 0 Å². The van der Waals surface area contributed by atoms with Gasteiger partial charge in [0.25, 0.3) is 5.91 Å². The van der Waals surface area contributed by atoms with E-state index >= 15 is 0 Å². The lowest BCUT2D eigenvalue weighted by atomic mass is 10.1. The number of hydrogen-bond acceptors (Lipinski definition) is 4. The van der Waals surface area contributed by atoms with Crippen LogP contribution in [0.15, 0.2) is 36.4 Å². The lowest BCUT2D eigenvalue weighted by molar-refractivity contribution is -0.123. The third-order valence-corrected chi connectivity index (χ3v) is 3.91. The van der Waals surface area contributed by atoms with Gasteiger partial charge in [-0.2, -0.15) is 0 Å². The maximum Gasteiger partial charge on any atom is 0.339 e. The van der Waals surface area contributed by atoms with Gasteiger partial charge in [-0.05, 0) is 50.6 Å². The van der Waals surface area contributed by atoms with Crippen molar-refractivity contribution < 1.29 is 19.1 Å². The molecule has 0 heterocycles. The SMILES string of the molecule is COc1ccc(Cl)cc1NC(=O)[C@H](C)OC(=O)c1ccc(C)cc1C. The molecule has 2 rings (SSSR count). The highest BCUT2D eigenvalue weighted by molar-refractivity contribution is 6.31. The van der Waals surface area contributed by atoms with E-state index in [0.717, 1.165) is 11.1 Å². The Hall–Kier alpha value is -2.53. The highest BCUT2D eigenvalue weighted by Crippen LogP contribution is 2.27. The Morgan fingerprint density at radius 3 is 2.48 bits per heavy atom. The third-order valence-electron chi connectivity index (χ3n) is 3.67. The minimum Gasteiger partial charge on any atom is -0.495 e. The molecule has 1 N–H and O–H groups in total. The largest absolute Gasteiger partial charge is 0.495 e. The lowest BCUT2D eigenvalue weighted by Crippen LogP contribution is -2.30. The molecule has 0 bridgehead atoms. The van der Waals surface area contributed by atoms with E-state index < -0.39 is 18.0 Å². The molecular formula is C19H20ClNO4. The second-order valence-electron chi connectivity index (χ2n) is 5.70. The summed E-state index contributed by atoms with van der Waals surface area (Å²) in [6, 6.07) is 10.3. The van der Waals surface area contributed by atoms with E-state index in [2.05, 4.69) is 5.32 Å². The van der Waals surface area contributed by atoms with E-state index in [9.17, 15) is 9.59 Å². The topological polar surface area (TPSA) is 64.6 Å². The van der Waals surface area contributed by atoms with E-state index in [1.165, 1.54) is 14.0 Å². The normalized spacial score (nSPS) is 11.6. The number of carbonyl (C=O) groups is 2. The Kier molecular flexibility index (Phi) is 6.04. The van der Waals surface area contributed by atoms with Crippen LogP contribution in [0.5, 0.6) is 5.75 Å². The number of anilines is 1. The number of ether oxygens (including phenoxy) is 2. The van der Waals surface area contributed by atoms with Crippen LogP contribution in [0.2, 0.25) is 5.02 Å². The van der Waals surface area contributed by atoms with Gasteiger partial charge in [0.05, 0.1) is 18.4 Å². The zero-order valence-corrected chi connectivity index (χ0v) is 15.3. The van der Waals surface area contributed by atoms with Crippen LogP contribution >= 0.6 is 11.6 Å². The molecule has 2 aromatic rings. The van der Waals surface area contributed by atoms with E-state index in [1.807, 2.05) is 26.0 Å². The van der Waals surface area contributed by atoms with Crippen molar-refractivity contribution >= 4 is 29.2 Å². The quantitative estimate of drug-likeness (QED) is 0.812. The third kappa shape index (κ3) is 4.73. The first-order valence-corrected chi connectivity index (χ1v) is 8.12. The first-order valence-electron chi connectivity index (χ1n) is 7.74. The van der Waals surface area contributed by atoms with Gasteiger partial charge in [-0.1, -0.05) is 29.3 Å². The Balaban J connectivity index is 2.07. The van der Waals surface area contributed by atoms with Crippen LogP contribution in [0.1, 0.15) is 28.4 Å². The predicted octanol–water partition coefficient (Wildman–Crippen LogP) is 4.15. The lowest BCUT2D eigenvalue weighted by Gasteiger charge is -2.16. The molecule has 0 fully saturated rings. The fourth-order valence-electron chi connectivity index (χ4n) is 2.33. The zero-order chi connectivity index (χ0) is 18.6. The minimum absolute atomic E-state index is 0.411. The van der Waals surface area contributed by atoms with Gasteiger partial charge in [-0.15, -0.1) is 0 Å². The molecular weight excluding hydrogens is 342 g/mol. The van der Waals surface area contributed by atoms with Crippen molar-refractivity contribution in [2.24, 2.45) is 0 Å². The predicted molar refractivity (Wildman–Crippen MR) is 97.4 cm³/mol. The molecule has 1 atom stereocenters. The molecule has 0 unspecified atom stereocenters. The Bertz CT molecular complexity index is 804. The van der Waals surface area contributed by atoms with E-state index in [1.54, 1.807) is 24.3 Å². The van der Waals surface area contributed by atoms with Gasteiger partial charge in [-0.3, -0.25) is 4.79 Å². The molecule has 0 aliphatic carbocycles. The average molecular weight is 362 g/mol. The second-order valence-corrected chi connectivity index (χ2v) is 6.14. The molecule has 0 aromatic heterocycles. The summed E-state index contributed by atoms with van der Waals surface area (Å²) >= 11 is 5.94. The smallest absolute Gasteiger partial charge is 0.339 e. The van der Waals surface area contributed by atoms with Crippen molar-refractivity contribution in [1.29, 1.82) is 0 Å². The summed E-state index contributed by atoms with van der Waals surface area (Å²) in [6.07, 6.45) is -0.975. The summed E-state index contributed by atoms with van der Waals surface area (Å²) in [6.45, 7) is 5.27. The number of amides is 1. The number of hydrogen-bond donors (Lipinski definition) is 1. The van der Waals surface area contributed by atoms with Crippen LogP contribution in [0.3, 0.4) is 0 Å². The number of rotatable bonds is 5. The van der Waals surface area contributed by atoms with Crippen molar-refractivity contribution in [2.75, 3.05) is 12.4 Å². The molecule has 0 aliphatic rings. The molecule has 0 spiro atoms. The molecule has 0 aliphatic heterocycles. The van der Waals surface area contributed by atoms with Crippen LogP contribution in [0.25, 0.3) is 0 Å². The van der Waals surface area contributed by atoms with Crippen molar-refractivity contribution in [2.45, 2.75) is 26.9 Å². The highest BCUT2D eigenvalue weighted by Gasteiger charge is 2.21. The number of nitrogens with one attached hydrogen (secondary N) is 1. The zero-order valence-electron chi connectivity index (χ0n) is 14.6. The van der Waals surface area contributed by atoms with Crippen LogP contribution in [-0.2, 0) is 9.53 Å². The second kappa shape index (κ2) is 8.03. The molecule has 0 radical (unpaired) electrons. The maximum absolute atomic E-state index is 12.3. The number of esters is 1. The number of aryl methyl sites for hydroxylation is 2. The van der Waals surface area contributed by atoms with Crippen LogP contribution < -0.4 is 10.1 Å². The minimum atomic E-state index is -0.975. The first kappa shape index (κ1) is 18.8. The summed E-state index contributed by atoms with van der Waals surface area (Å²) in [5.74, 6) is -0.553. The molecule has 5 nitrogen and oxygen atoms in total. The molecule has 25 heavy (non-hydrogen) atoms. The van der Waals surface area contributed by atoms with Gasteiger partial charge in [0.2, 0.25) is 0 Å². The van der Waals surface area contributed by atoms with Crippen LogP contribution in [0.4, 0.5) is 5.69 Å². The van der Waals surface area contributed by atoms with Crippen LogP contribution in [0, 0.1) is 13.8 Å². The van der Waals surface area contributed by atoms with Crippen molar-refractivity contribution in [3.8, 4) is 5.75 Å². The van der Waals surface area contributed by atoms with Gasteiger partial charge >= 0.3 is 5.97 Å². The Morgan fingerprint density at radius 2 is 1.84 bits per heavy atom. The fraction of sp³-hybridized carbons (Fsp3) is 0.263. The standard InChI is InChI=1S/C19H20ClNO4/c1-11-5-7-15(12(2)9-11)19(23)25-13(3)18(22)21-16-10-14(20)6-8-17(16)24-4/h5-10,13H,1-4H3,(H,21,22)/t13-/m0/s1. The highest BCUT2D eigenvalue weighted by atomic mass is 35.5. The number of carbonyl (C=O) groups excluding carboxylic acids is 2. The van der Waals surface area contributed by atoms with E-state index in [-0.39, 0.29) is 0 Å². The van der Waals surface area contributed by atoms with E-state index in [4.69, 9.17) is 21.1 Å². The van der Waals surface area contributed by atoms with Gasteiger partial charge in [0.15, 0.2) is 6.10 Å². The number of halogens is 1. The molecule has 1 amide bonds. The molecule has 132 valence electrons. The van der Waals surface area contributed by atoms with Gasteiger partial charge in [0.1, 0.15) is 5.75 Å². The first-order chi connectivity index (χ1) is 11.8. The molecule has 2 aromatic carbocycles. The Morgan fingerprint density at radius 1 is 1.12 bits per heavy atom. The van der Waals surface area contributed by atoms with Crippen molar-refractivity contribution in [1.82, 2.24) is 0 Å². The van der Waals surface area contributed by atoms with E-state index in [0.29, 0.717) is 22.0 Å². The summed E-state index contributed by atoms with van der Waals surface area (Å²) < 4.78 is 10.4. The molecule has 0 saturated heterocycles. The van der Waals surface area contributed by atoms with Gasteiger partial charge in [0, 0.05) is 5.02 Å². The summed E-state index contributed by atoms with van der Waals surface area (Å²) in [5, 5.41) is 3.11. The van der Waals surface area contributed by atoms with Crippen LogP contribution in [-0.4, -0.2) is 25.1 Å². The maximum atomic E-state index is 12.3. The number of benzene rings is 2. The fourth-order valence-corrected chi connectivity index (χ4v) is 2.50.